The van der Waals surface area contributed by atoms with Crippen LogP contribution in [0.1, 0.15) is 134 Å². The number of allylic oxidation sites excluding steroid dienone is 2. The molecule has 0 spiro atoms. The molecular weight excluding hydrogens is 913 g/mol. The van der Waals surface area contributed by atoms with Crippen LogP contribution in [0.15, 0.2) is 133 Å². The Morgan fingerprint density at radius 1 is 0.419 bits per heavy atom. The summed E-state index contributed by atoms with van der Waals surface area (Å²) in [6, 6.07) is 41.1. The van der Waals surface area contributed by atoms with Gasteiger partial charge in [-0.3, -0.25) is 0 Å². The minimum atomic E-state index is -1.53. The predicted molar refractivity (Wildman–Crippen MR) is 308 cm³/mol. The van der Waals surface area contributed by atoms with E-state index in [1.165, 1.54) is 28.3 Å². The molecule has 374 valence electrons. The summed E-state index contributed by atoms with van der Waals surface area (Å²) >= 11 is 0. The Morgan fingerprint density at radius 2 is 0.730 bits per heavy atom. The first-order chi connectivity index (χ1) is 34.8. The van der Waals surface area contributed by atoms with E-state index in [1.54, 1.807) is 6.08 Å². The lowest BCUT2D eigenvalue weighted by Crippen LogP contribution is -2.10. The zero-order chi connectivity index (χ0) is 53.1. The molecule has 9 rings (SSSR count). The van der Waals surface area contributed by atoms with Crippen molar-refractivity contribution in [3.05, 3.63) is 184 Å². The highest BCUT2D eigenvalue weighted by molar-refractivity contribution is 6.13. The third-order valence-corrected chi connectivity index (χ3v) is 14.1. The van der Waals surface area contributed by atoms with E-state index in [2.05, 4.69) is 227 Å². The van der Waals surface area contributed by atoms with Crippen molar-refractivity contribution in [1.29, 1.82) is 0 Å². The second-order valence-corrected chi connectivity index (χ2v) is 23.6. The number of nitrogens with zero attached hydrogens (tertiary/aromatic N) is 2. The summed E-state index contributed by atoms with van der Waals surface area (Å²) in [5.41, 5.74) is 18.1. The van der Waals surface area contributed by atoms with Crippen molar-refractivity contribution in [3.8, 4) is 44.5 Å². The molecule has 8 nitrogen and oxygen atoms in total. The fraction of sp³-hybridized carbons (Fsp3) is 0.242. The van der Waals surface area contributed by atoms with Gasteiger partial charge < -0.3 is 20.2 Å². The summed E-state index contributed by atoms with van der Waals surface area (Å²) in [6.45, 7) is 26.5. The molecule has 4 N–H and O–H groups in total. The van der Waals surface area contributed by atoms with E-state index >= 15 is 0 Å². The number of aliphatic carboxylic acids is 2. The van der Waals surface area contributed by atoms with Crippen LogP contribution in [-0.4, -0.2) is 42.1 Å². The number of benzene rings is 4. The Hall–Kier alpha value is -8.10. The fourth-order valence-corrected chi connectivity index (χ4v) is 9.69. The lowest BCUT2D eigenvalue weighted by molar-refractivity contribution is -0.140. The van der Waals surface area contributed by atoms with Gasteiger partial charge in [0, 0.05) is 44.4 Å². The van der Waals surface area contributed by atoms with Crippen molar-refractivity contribution in [1.82, 2.24) is 19.9 Å². The third kappa shape index (κ3) is 10.3. The van der Waals surface area contributed by atoms with Crippen molar-refractivity contribution in [2.24, 2.45) is 0 Å². The average Bonchev–Trinajstić information content (AvgIpc) is 4.18. The maximum absolute atomic E-state index is 12.1. The quantitative estimate of drug-likeness (QED) is 0.0519. The Balaban J connectivity index is 1.49. The molecule has 0 saturated carbocycles. The van der Waals surface area contributed by atoms with Crippen LogP contribution < -0.4 is 0 Å². The summed E-state index contributed by atoms with van der Waals surface area (Å²) in [5, 5.41) is 19.7. The highest BCUT2D eigenvalue weighted by atomic mass is 16.4. The first-order valence-electron chi connectivity index (χ1n) is 25.3. The SMILES string of the molecule is CC(C)(C)c1ccc(-c2c3nc(c(-c4ccc(C(C)(C)C)cc4)c4cc(/C=C/C=C(C(=O)O)C(=O)O)c([nH]4)c(-c4ccc(C(C)(C)C)cc4)c4nc(c(-c5ccc(C(C)(C)C)cc5)c5ccc2[nH]5)C=C4)C=C3)cc1. The molecule has 74 heavy (non-hydrogen) atoms. The number of carboxylic acid groups (broad SMARTS) is 2. The summed E-state index contributed by atoms with van der Waals surface area (Å²) < 4.78 is 0. The molecule has 2 aliphatic rings. The van der Waals surface area contributed by atoms with E-state index < -0.39 is 17.5 Å². The number of nitrogens with one attached hydrogen (secondary N) is 2. The summed E-state index contributed by atoms with van der Waals surface area (Å²) in [6.07, 6.45) is 12.7. The van der Waals surface area contributed by atoms with Crippen LogP contribution in [0.25, 0.3) is 97.0 Å². The molecule has 3 aromatic heterocycles. The predicted octanol–water partition coefficient (Wildman–Crippen LogP) is 16.6. The number of rotatable bonds is 8. The van der Waals surface area contributed by atoms with Gasteiger partial charge in [0.1, 0.15) is 5.57 Å². The van der Waals surface area contributed by atoms with Crippen LogP contribution >= 0.6 is 0 Å². The normalized spacial score (nSPS) is 12.9. The first-order valence-corrected chi connectivity index (χ1v) is 25.3. The number of aromatic nitrogens is 4. The second kappa shape index (κ2) is 19.1. The average molecular weight is 979 g/mol. The molecule has 0 aliphatic carbocycles. The Morgan fingerprint density at radius 3 is 1.05 bits per heavy atom. The van der Waals surface area contributed by atoms with Crippen molar-refractivity contribution >= 4 is 64.4 Å². The number of carbonyl (C=O) groups is 2. The lowest BCUT2D eigenvalue weighted by Gasteiger charge is -2.19. The van der Waals surface area contributed by atoms with Crippen molar-refractivity contribution in [3.63, 3.8) is 0 Å². The molecule has 2 aliphatic heterocycles. The number of aromatic amines is 2. The number of carboxylic acids is 2. The lowest BCUT2D eigenvalue weighted by atomic mass is 9.86. The van der Waals surface area contributed by atoms with Crippen LogP contribution in [0.2, 0.25) is 0 Å². The maximum atomic E-state index is 12.1. The highest BCUT2D eigenvalue weighted by Crippen LogP contribution is 2.41. The standard InChI is InChI=1S/C66H66N4O4/c1-63(2,3)44-24-16-39(17-25-44)56-49-32-33-50(67-49)57(40-18-26-45(27-19-40)64(4,5)6)52-36-37-54(69-52)59(42-22-30-47(31-23-42)66(10,11)12)60-43(14-13-15-48(61(71)72)62(73)74)38-55(70-60)58(53-35-34-51(56)68-53)41-20-28-46(29-21-41)65(7,8)9/h13-38,67,70H,1-12H3,(H,71,72)(H,73,74)/b14-13+,56-49?,56-51?,57-50?,57-52?,58-53?,58-55?,59-54?,60-59?. The van der Waals surface area contributed by atoms with Crippen LogP contribution in [0.5, 0.6) is 0 Å². The van der Waals surface area contributed by atoms with Gasteiger partial charge in [0.05, 0.1) is 28.3 Å². The summed E-state index contributed by atoms with van der Waals surface area (Å²) in [7, 11) is 0. The second-order valence-electron chi connectivity index (χ2n) is 23.6. The molecule has 0 fully saturated rings. The van der Waals surface area contributed by atoms with E-state index in [4.69, 9.17) is 9.97 Å². The van der Waals surface area contributed by atoms with Gasteiger partial charge in [0.25, 0.3) is 0 Å². The van der Waals surface area contributed by atoms with Crippen molar-refractivity contribution in [2.45, 2.75) is 105 Å². The van der Waals surface area contributed by atoms with Crippen LogP contribution in [-0.2, 0) is 31.2 Å². The smallest absolute Gasteiger partial charge is 0.343 e. The molecule has 0 saturated heterocycles. The largest absolute Gasteiger partial charge is 0.477 e. The van der Waals surface area contributed by atoms with E-state index in [1.807, 2.05) is 6.07 Å². The van der Waals surface area contributed by atoms with Gasteiger partial charge in [-0.2, -0.15) is 0 Å². The third-order valence-electron chi connectivity index (χ3n) is 14.1. The van der Waals surface area contributed by atoms with E-state index in [0.717, 1.165) is 84.2 Å². The van der Waals surface area contributed by atoms with Gasteiger partial charge in [-0.1, -0.05) is 192 Å². The Bertz CT molecular complexity index is 3630. The summed E-state index contributed by atoms with van der Waals surface area (Å²) in [4.78, 5) is 43.1. The molecular formula is C66H66N4O4. The molecule has 0 unspecified atom stereocenters. The number of hydrogen-bond donors (Lipinski definition) is 4. The van der Waals surface area contributed by atoms with Gasteiger partial charge in [-0.05, 0) is 115 Å². The minimum Gasteiger partial charge on any atom is -0.477 e. The maximum Gasteiger partial charge on any atom is 0.343 e. The zero-order valence-corrected chi connectivity index (χ0v) is 44.6. The first kappa shape index (κ1) is 50.8. The summed E-state index contributed by atoms with van der Waals surface area (Å²) in [5.74, 6) is -3.06. The molecule has 8 heteroatoms. The van der Waals surface area contributed by atoms with E-state index in [9.17, 15) is 19.8 Å². The van der Waals surface area contributed by atoms with Gasteiger partial charge >= 0.3 is 11.9 Å². The Kier molecular flexibility index (Phi) is 13.1. The zero-order valence-electron chi connectivity index (χ0n) is 44.6. The molecule has 8 bridgehead atoms. The van der Waals surface area contributed by atoms with Gasteiger partial charge in [-0.15, -0.1) is 0 Å². The van der Waals surface area contributed by atoms with Crippen molar-refractivity contribution < 1.29 is 19.8 Å². The number of hydrogen-bond acceptors (Lipinski definition) is 4. The number of H-pyrrole nitrogens is 2. The molecule has 7 aromatic rings. The Labute approximate surface area is 435 Å². The molecule has 0 amide bonds. The molecule has 0 atom stereocenters. The topological polar surface area (TPSA) is 132 Å². The number of fused-ring (bicyclic) bond motifs is 8. The monoisotopic (exact) mass is 979 g/mol. The van der Waals surface area contributed by atoms with Gasteiger partial charge in [0.2, 0.25) is 0 Å². The van der Waals surface area contributed by atoms with E-state index in [-0.39, 0.29) is 21.7 Å². The van der Waals surface area contributed by atoms with Gasteiger partial charge in [0.15, 0.2) is 0 Å². The molecule has 5 heterocycles. The highest BCUT2D eigenvalue weighted by Gasteiger charge is 2.24. The van der Waals surface area contributed by atoms with E-state index in [0.29, 0.717) is 16.8 Å². The van der Waals surface area contributed by atoms with Crippen LogP contribution in [0.4, 0.5) is 0 Å². The molecule has 4 aromatic carbocycles. The van der Waals surface area contributed by atoms with Crippen LogP contribution in [0, 0.1) is 0 Å². The molecule has 0 radical (unpaired) electrons. The van der Waals surface area contributed by atoms with Crippen LogP contribution in [0.3, 0.4) is 0 Å². The van der Waals surface area contributed by atoms with Gasteiger partial charge in [-0.25, -0.2) is 19.6 Å². The minimum absolute atomic E-state index is 0.0413. The fourth-order valence-electron chi connectivity index (χ4n) is 9.69. The van der Waals surface area contributed by atoms with Crippen molar-refractivity contribution in [2.75, 3.05) is 0 Å².